The highest BCUT2D eigenvalue weighted by atomic mass is 16.5. The van der Waals surface area contributed by atoms with Crippen LogP contribution in [0.3, 0.4) is 0 Å². The number of ether oxygens (including phenoxy) is 1. The average Bonchev–Trinajstić information content (AvgIpc) is 3.46. The first-order valence-electron chi connectivity index (χ1n) is 11.0. The van der Waals surface area contributed by atoms with Crippen LogP contribution in [0, 0.1) is 0 Å². The Kier molecular flexibility index (Phi) is 5.23. The molecule has 2 unspecified atom stereocenters. The second kappa shape index (κ2) is 7.89. The number of aliphatic hydroxyl groups is 1. The second-order valence-electron chi connectivity index (χ2n) is 9.17. The fraction of sp³-hybridized carbons (Fsp3) is 0.565. The topological polar surface area (TPSA) is 82.5 Å². The van der Waals surface area contributed by atoms with Gasteiger partial charge in [-0.25, -0.2) is 9.97 Å². The van der Waals surface area contributed by atoms with Crippen molar-refractivity contribution >= 4 is 5.95 Å². The van der Waals surface area contributed by atoms with E-state index in [-0.39, 0.29) is 5.54 Å². The Bertz CT molecular complexity index is 884. The van der Waals surface area contributed by atoms with Crippen LogP contribution in [-0.4, -0.2) is 51.6 Å². The molecule has 1 saturated heterocycles. The molecule has 3 atom stereocenters. The van der Waals surface area contributed by atoms with E-state index in [0.717, 1.165) is 43.7 Å². The first-order valence-corrected chi connectivity index (χ1v) is 11.0. The predicted molar refractivity (Wildman–Crippen MR) is 115 cm³/mol. The molecule has 7 heteroatoms. The van der Waals surface area contributed by atoms with Crippen molar-refractivity contribution in [3.05, 3.63) is 53.3 Å². The fourth-order valence-corrected chi connectivity index (χ4v) is 4.78. The number of fused-ring (bicyclic) bond motifs is 1. The van der Waals surface area contributed by atoms with Gasteiger partial charge in [-0.3, -0.25) is 10.2 Å². The number of aromatic nitrogens is 2. The summed E-state index contributed by atoms with van der Waals surface area (Å²) in [5.41, 5.74) is 3.06. The van der Waals surface area contributed by atoms with Gasteiger partial charge in [0.1, 0.15) is 0 Å². The number of anilines is 1. The highest BCUT2D eigenvalue weighted by molar-refractivity contribution is 5.37. The third kappa shape index (κ3) is 3.83. The number of benzene rings is 1. The van der Waals surface area contributed by atoms with E-state index in [0.29, 0.717) is 30.5 Å². The largest absolute Gasteiger partial charge is 0.381 e. The summed E-state index contributed by atoms with van der Waals surface area (Å²) in [7, 11) is 0. The van der Waals surface area contributed by atoms with Crippen LogP contribution in [0.15, 0.2) is 36.5 Å². The zero-order valence-electron chi connectivity index (χ0n) is 17.7. The standard InChI is InChI=1S/C23H31N5O2/c1-23(2)18-13-24-21(25-16-8-10-30-11-9-16)26-20(18)14-28(23)22(29)27-19-12-17(19)15-6-4-3-5-7-15/h3-7,13,16-17,19,22,27,29H,8-12,14H2,1-2H3,(H,24,25,26)/t17?,19-,22?/m1/s1. The van der Waals surface area contributed by atoms with Gasteiger partial charge in [-0.1, -0.05) is 30.3 Å². The van der Waals surface area contributed by atoms with E-state index >= 15 is 0 Å². The van der Waals surface area contributed by atoms with E-state index in [4.69, 9.17) is 9.72 Å². The Labute approximate surface area is 177 Å². The zero-order chi connectivity index (χ0) is 20.7. The van der Waals surface area contributed by atoms with Crippen LogP contribution < -0.4 is 10.6 Å². The van der Waals surface area contributed by atoms with Crippen LogP contribution in [-0.2, 0) is 16.8 Å². The number of rotatable bonds is 6. The Morgan fingerprint density at radius 1 is 1.20 bits per heavy atom. The average molecular weight is 410 g/mol. The molecular formula is C23H31N5O2. The molecule has 1 aliphatic carbocycles. The molecule has 3 aliphatic rings. The van der Waals surface area contributed by atoms with Crippen LogP contribution in [0.5, 0.6) is 0 Å². The minimum atomic E-state index is -0.722. The molecule has 1 aromatic heterocycles. The number of nitrogens with zero attached hydrogens (tertiary/aromatic N) is 3. The highest BCUT2D eigenvalue weighted by Gasteiger charge is 2.46. The van der Waals surface area contributed by atoms with Crippen molar-refractivity contribution in [3.8, 4) is 0 Å². The first kappa shape index (κ1) is 19.9. The fourth-order valence-electron chi connectivity index (χ4n) is 4.78. The predicted octanol–water partition coefficient (Wildman–Crippen LogP) is 2.54. The zero-order valence-corrected chi connectivity index (χ0v) is 17.7. The number of hydrogen-bond donors (Lipinski definition) is 3. The molecule has 0 spiro atoms. The molecule has 0 amide bonds. The maximum atomic E-state index is 11.0. The molecule has 3 heterocycles. The van der Waals surface area contributed by atoms with Gasteiger partial charge in [0, 0.05) is 55.1 Å². The molecule has 1 saturated carbocycles. The summed E-state index contributed by atoms with van der Waals surface area (Å²) in [5, 5.41) is 17.9. The molecule has 160 valence electrons. The van der Waals surface area contributed by atoms with Gasteiger partial charge in [0.2, 0.25) is 5.95 Å². The summed E-state index contributed by atoms with van der Waals surface area (Å²) >= 11 is 0. The maximum Gasteiger partial charge on any atom is 0.223 e. The van der Waals surface area contributed by atoms with Crippen molar-refractivity contribution in [3.63, 3.8) is 0 Å². The van der Waals surface area contributed by atoms with Gasteiger partial charge in [-0.05, 0) is 38.7 Å². The molecule has 7 nitrogen and oxygen atoms in total. The normalized spacial score (nSPS) is 26.9. The van der Waals surface area contributed by atoms with Gasteiger partial charge in [-0.15, -0.1) is 0 Å². The van der Waals surface area contributed by atoms with Crippen LogP contribution >= 0.6 is 0 Å². The Morgan fingerprint density at radius 2 is 1.97 bits per heavy atom. The van der Waals surface area contributed by atoms with E-state index in [2.05, 4.69) is 58.6 Å². The number of nitrogens with one attached hydrogen (secondary N) is 2. The van der Waals surface area contributed by atoms with Gasteiger partial charge in [-0.2, -0.15) is 0 Å². The molecular weight excluding hydrogens is 378 g/mol. The monoisotopic (exact) mass is 409 g/mol. The van der Waals surface area contributed by atoms with E-state index < -0.39 is 6.35 Å². The molecule has 2 fully saturated rings. The Balaban J connectivity index is 1.24. The van der Waals surface area contributed by atoms with E-state index in [9.17, 15) is 5.11 Å². The van der Waals surface area contributed by atoms with Crippen molar-refractivity contribution in [2.45, 2.75) is 69.5 Å². The van der Waals surface area contributed by atoms with Crippen molar-refractivity contribution in [1.82, 2.24) is 20.2 Å². The second-order valence-corrected chi connectivity index (χ2v) is 9.17. The third-order valence-corrected chi connectivity index (χ3v) is 6.80. The summed E-state index contributed by atoms with van der Waals surface area (Å²) in [6, 6.07) is 11.2. The molecule has 0 radical (unpaired) electrons. The highest BCUT2D eigenvalue weighted by Crippen LogP contribution is 2.43. The summed E-state index contributed by atoms with van der Waals surface area (Å²) in [6.07, 6.45) is 4.21. The molecule has 30 heavy (non-hydrogen) atoms. The van der Waals surface area contributed by atoms with Crippen molar-refractivity contribution in [1.29, 1.82) is 0 Å². The molecule has 3 N–H and O–H groups in total. The Morgan fingerprint density at radius 3 is 2.73 bits per heavy atom. The lowest BCUT2D eigenvalue weighted by atomic mass is 9.97. The Hall–Kier alpha value is -2.06. The van der Waals surface area contributed by atoms with Gasteiger partial charge in [0.05, 0.1) is 5.69 Å². The van der Waals surface area contributed by atoms with Crippen molar-refractivity contribution in [2.75, 3.05) is 18.5 Å². The summed E-state index contributed by atoms with van der Waals surface area (Å²) in [6.45, 7) is 6.42. The third-order valence-electron chi connectivity index (χ3n) is 6.80. The quantitative estimate of drug-likeness (QED) is 0.633. The lowest BCUT2D eigenvalue weighted by molar-refractivity contribution is -0.0763. The van der Waals surface area contributed by atoms with Crippen LogP contribution in [0.25, 0.3) is 0 Å². The van der Waals surface area contributed by atoms with Crippen LogP contribution in [0.2, 0.25) is 0 Å². The van der Waals surface area contributed by atoms with Gasteiger partial charge in [0.25, 0.3) is 0 Å². The maximum absolute atomic E-state index is 11.0. The van der Waals surface area contributed by atoms with Gasteiger partial charge >= 0.3 is 0 Å². The first-order chi connectivity index (χ1) is 14.5. The van der Waals surface area contributed by atoms with Crippen molar-refractivity contribution < 1.29 is 9.84 Å². The van der Waals surface area contributed by atoms with Crippen LogP contribution in [0.1, 0.15) is 55.8 Å². The summed E-state index contributed by atoms with van der Waals surface area (Å²) in [5.74, 6) is 1.15. The lowest BCUT2D eigenvalue weighted by Crippen LogP contribution is -2.51. The van der Waals surface area contributed by atoms with Crippen molar-refractivity contribution in [2.24, 2.45) is 0 Å². The number of hydrogen-bond acceptors (Lipinski definition) is 7. The molecule has 5 rings (SSSR count). The van der Waals surface area contributed by atoms with Gasteiger partial charge < -0.3 is 15.2 Å². The molecule has 2 aromatic rings. The van der Waals surface area contributed by atoms with E-state index in [1.165, 1.54) is 5.56 Å². The molecule has 2 aliphatic heterocycles. The SMILES string of the molecule is CC1(C)c2cnc(NC3CCOCC3)nc2CN1C(O)N[C@@H]1CC1c1ccccc1. The van der Waals surface area contributed by atoms with Crippen LogP contribution in [0.4, 0.5) is 5.95 Å². The van der Waals surface area contributed by atoms with E-state index in [1.807, 2.05) is 12.3 Å². The summed E-state index contributed by atoms with van der Waals surface area (Å²) in [4.78, 5) is 11.4. The van der Waals surface area contributed by atoms with E-state index in [1.54, 1.807) is 0 Å². The minimum Gasteiger partial charge on any atom is -0.381 e. The molecule has 1 aromatic carbocycles. The van der Waals surface area contributed by atoms with Gasteiger partial charge in [0.15, 0.2) is 6.35 Å². The summed E-state index contributed by atoms with van der Waals surface area (Å²) < 4.78 is 5.43. The minimum absolute atomic E-state index is 0.304. The smallest absolute Gasteiger partial charge is 0.223 e. The number of aliphatic hydroxyl groups excluding tert-OH is 1. The molecule has 0 bridgehead atoms. The lowest BCUT2D eigenvalue weighted by Gasteiger charge is -2.36.